The molecular weight excluding hydrogens is 244 g/mol. The van der Waals surface area contributed by atoms with Crippen LogP contribution in [0.3, 0.4) is 0 Å². The van der Waals surface area contributed by atoms with E-state index >= 15 is 0 Å². The normalized spacial score (nSPS) is 23.8. The molecular formula is C14H24N2O3. The van der Waals surface area contributed by atoms with Gasteiger partial charge in [-0.05, 0) is 44.7 Å². The van der Waals surface area contributed by atoms with Crippen LogP contribution in [0.25, 0.3) is 0 Å². The molecule has 0 unspecified atom stereocenters. The van der Waals surface area contributed by atoms with Crippen LogP contribution in [0, 0.1) is 5.92 Å². The van der Waals surface area contributed by atoms with Crippen molar-refractivity contribution < 1.29 is 14.7 Å². The molecule has 1 aliphatic carbocycles. The van der Waals surface area contributed by atoms with Gasteiger partial charge in [-0.1, -0.05) is 19.3 Å². The van der Waals surface area contributed by atoms with Crippen LogP contribution in [0.2, 0.25) is 0 Å². The lowest BCUT2D eigenvalue weighted by Crippen LogP contribution is -2.55. The third kappa shape index (κ3) is 3.69. The van der Waals surface area contributed by atoms with Crippen molar-refractivity contribution in [2.75, 3.05) is 13.1 Å². The highest BCUT2D eigenvalue weighted by Crippen LogP contribution is 2.29. The fourth-order valence-electron chi connectivity index (χ4n) is 3.21. The van der Waals surface area contributed by atoms with E-state index in [2.05, 4.69) is 10.6 Å². The molecule has 1 amide bonds. The second-order valence-electron chi connectivity index (χ2n) is 5.89. The van der Waals surface area contributed by atoms with Gasteiger partial charge in [0.05, 0.1) is 0 Å². The zero-order chi connectivity index (χ0) is 13.7. The average Bonchev–Trinajstić information content (AvgIpc) is 2.40. The van der Waals surface area contributed by atoms with E-state index in [1.807, 2.05) is 0 Å². The summed E-state index contributed by atoms with van der Waals surface area (Å²) in [5, 5.41) is 15.5. The lowest BCUT2D eigenvalue weighted by molar-refractivity contribution is -0.149. The molecule has 2 fully saturated rings. The molecule has 0 aromatic rings. The van der Waals surface area contributed by atoms with Crippen molar-refractivity contribution >= 4 is 11.9 Å². The van der Waals surface area contributed by atoms with E-state index in [1.165, 1.54) is 0 Å². The lowest BCUT2D eigenvalue weighted by Gasteiger charge is -2.34. The number of amides is 1. The predicted octanol–water partition coefficient (Wildman–Crippen LogP) is 1.28. The Balaban J connectivity index is 1.89. The van der Waals surface area contributed by atoms with Gasteiger partial charge in [-0.25, -0.2) is 4.79 Å². The van der Waals surface area contributed by atoms with Crippen molar-refractivity contribution in [3.63, 3.8) is 0 Å². The van der Waals surface area contributed by atoms with Crippen LogP contribution in [0.15, 0.2) is 0 Å². The zero-order valence-electron chi connectivity index (χ0n) is 11.4. The summed E-state index contributed by atoms with van der Waals surface area (Å²) in [6.45, 7) is 1.92. The van der Waals surface area contributed by atoms with Crippen molar-refractivity contribution in [1.82, 2.24) is 10.6 Å². The summed E-state index contributed by atoms with van der Waals surface area (Å²) < 4.78 is 0. The number of aliphatic carboxylic acids is 1. The van der Waals surface area contributed by atoms with Gasteiger partial charge in [0.25, 0.3) is 0 Å². The van der Waals surface area contributed by atoms with E-state index in [-0.39, 0.29) is 5.91 Å². The van der Waals surface area contributed by atoms with E-state index in [1.54, 1.807) is 0 Å². The van der Waals surface area contributed by atoms with Crippen molar-refractivity contribution in [2.45, 2.75) is 56.9 Å². The number of carboxylic acid groups (broad SMARTS) is 1. The summed E-state index contributed by atoms with van der Waals surface area (Å²) in [6, 6.07) is 0. The van der Waals surface area contributed by atoms with E-state index in [0.29, 0.717) is 25.2 Å². The number of carbonyl (C=O) groups excluding carboxylic acids is 1. The minimum Gasteiger partial charge on any atom is -0.480 e. The molecule has 0 aromatic carbocycles. The molecule has 108 valence electrons. The van der Waals surface area contributed by atoms with E-state index in [0.717, 1.165) is 45.2 Å². The fraction of sp³-hybridized carbons (Fsp3) is 0.857. The van der Waals surface area contributed by atoms with E-state index < -0.39 is 11.5 Å². The molecule has 5 nitrogen and oxygen atoms in total. The molecule has 1 heterocycles. The Morgan fingerprint density at radius 3 is 2.37 bits per heavy atom. The van der Waals surface area contributed by atoms with Crippen LogP contribution < -0.4 is 10.6 Å². The van der Waals surface area contributed by atoms with Gasteiger partial charge in [-0.2, -0.15) is 0 Å². The molecule has 1 saturated heterocycles. The molecule has 2 rings (SSSR count). The molecule has 2 aliphatic rings. The fourth-order valence-corrected chi connectivity index (χ4v) is 3.21. The second kappa shape index (κ2) is 6.37. The Bertz CT molecular complexity index is 332. The number of carbonyl (C=O) groups is 2. The first-order chi connectivity index (χ1) is 9.12. The van der Waals surface area contributed by atoms with Crippen molar-refractivity contribution in [1.29, 1.82) is 0 Å². The molecule has 1 aliphatic heterocycles. The highest BCUT2D eigenvalue weighted by Gasteiger charge is 2.41. The highest BCUT2D eigenvalue weighted by atomic mass is 16.4. The third-order valence-corrected chi connectivity index (χ3v) is 4.43. The number of nitrogens with one attached hydrogen (secondary N) is 2. The SMILES string of the molecule is O=C(CC1CCNCC1)NC1(C(=O)O)CCCCC1. The van der Waals surface area contributed by atoms with Gasteiger partial charge in [0.1, 0.15) is 5.54 Å². The maximum atomic E-state index is 12.1. The summed E-state index contributed by atoms with van der Waals surface area (Å²) in [5.41, 5.74) is -0.998. The van der Waals surface area contributed by atoms with Gasteiger partial charge in [0, 0.05) is 6.42 Å². The number of rotatable bonds is 4. The van der Waals surface area contributed by atoms with Crippen LogP contribution >= 0.6 is 0 Å². The standard InChI is InChI=1S/C14H24N2O3/c17-12(10-11-4-8-15-9-5-11)16-14(13(18)19)6-2-1-3-7-14/h11,15H,1-10H2,(H,16,17)(H,18,19). The van der Waals surface area contributed by atoms with Crippen LogP contribution in [0.4, 0.5) is 0 Å². The molecule has 0 spiro atoms. The quantitative estimate of drug-likeness (QED) is 0.717. The van der Waals surface area contributed by atoms with Crippen molar-refractivity contribution in [2.24, 2.45) is 5.92 Å². The van der Waals surface area contributed by atoms with Gasteiger partial charge >= 0.3 is 5.97 Å². The average molecular weight is 268 g/mol. The Kier molecular flexibility index (Phi) is 4.80. The van der Waals surface area contributed by atoms with Gasteiger partial charge < -0.3 is 15.7 Å². The number of piperidine rings is 1. The Morgan fingerprint density at radius 2 is 1.79 bits per heavy atom. The minimum atomic E-state index is -0.998. The molecule has 0 bridgehead atoms. The van der Waals surface area contributed by atoms with Crippen LogP contribution in [-0.4, -0.2) is 35.6 Å². The van der Waals surface area contributed by atoms with E-state index in [4.69, 9.17) is 0 Å². The maximum absolute atomic E-state index is 12.1. The summed E-state index contributed by atoms with van der Waals surface area (Å²) >= 11 is 0. The maximum Gasteiger partial charge on any atom is 0.329 e. The van der Waals surface area contributed by atoms with Gasteiger partial charge in [0.2, 0.25) is 5.91 Å². The lowest BCUT2D eigenvalue weighted by atomic mass is 9.81. The van der Waals surface area contributed by atoms with Gasteiger partial charge in [-0.15, -0.1) is 0 Å². The summed E-state index contributed by atoms with van der Waals surface area (Å²) in [7, 11) is 0. The smallest absolute Gasteiger partial charge is 0.329 e. The van der Waals surface area contributed by atoms with Gasteiger partial charge in [-0.3, -0.25) is 4.79 Å². The van der Waals surface area contributed by atoms with E-state index in [9.17, 15) is 14.7 Å². The van der Waals surface area contributed by atoms with Crippen molar-refractivity contribution in [3.8, 4) is 0 Å². The second-order valence-corrected chi connectivity index (χ2v) is 5.89. The number of hydrogen-bond donors (Lipinski definition) is 3. The molecule has 19 heavy (non-hydrogen) atoms. The first-order valence-corrected chi connectivity index (χ1v) is 7.37. The Hall–Kier alpha value is -1.10. The van der Waals surface area contributed by atoms with Crippen LogP contribution in [-0.2, 0) is 9.59 Å². The minimum absolute atomic E-state index is 0.0869. The summed E-state index contributed by atoms with van der Waals surface area (Å²) in [4.78, 5) is 23.6. The largest absolute Gasteiger partial charge is 0.480 e. The summed E-state index contributed by atoms with van der Waals surface area (Å²) in [5.74, 6) is -0.558. The third-order valence-electron chi connectivity index (χ3n) is 4.43. The first kappa shape index (κ1) is 14.3. The van der Waals surface area contributed by atoms with Crippen LogP contribution in [0.1, 0.15) is 51.4 Å². The molecule has 5 heteroatoms. The predicted molar refractivity (Wildman–Crippen MR) is 71.8 cm³/mol. The summed E-state index contributed by atoms with van der Waals surface area (Å²) in [6.07, 6.45) is 6.47. The molecule has 3 N–H and O–H groups in total. The van der Waals surface area contributed by atoms with Crippen molar-refractivity contribution in [3.05, 3.63) is 0 Å². The highest BCUT2D eigenvalue weighted by molar-refractivity contribution is 5.87. The molecule has 1 saturated carbocycles. The Labute approximate surface area is 114 Å². The monoisotopic (exact) mass is 268 g/mol. The molecule has 0 atom stereocenters. The van der Waals surface area contributed by atoms with Gasteiger partial charge in [0.15, 0.2) is 0 Å². The number of hydrogen-bond acceptors (Lipinski definition) is 3. The Morgan fingerprint density at radius 1 is 1.16 bits per heavy atom. The number of carboxylic acids is 1. The topological polar surface area (TPSA) is 78.4 Å². The molecule has 0 aromatic heterocycles. The first-order valence-electron chi connectivity index (χ1n) is 7.37. The van der Waals surface area contributed by atoms with Crippen LogP contribution in [0.5, 0.6) is 0 Å². The molecule has 0 radical (unpaired) electrons. The zero-order valence-corrected chi connectivity index (χ0v) is 11.4.